The fraction of sp³-hybridized carbons (Fsp3) is 0.200. The van der Waals surface area contributed by atoms with E-state index in [0.717, 1.165) is 5.41 Å². The lowest BCUT2D eigenvalue weighted by atomic mass is 10.0. The summed E-state index contributed by atoms with van der Waals surface area (Å²) in [5.41, 5.74) is 2.08. The SMILES string of the molecule is COc1cc(CN(C(=O)Cc2ccc(-c3ccc(F)cc3)cc2F)C2C=CS(=O)(=O)C2)ccn1. The highest BCUT2D eigenvalue weighted by Gasteiger charge is 2.30. The molecule has 176 valence electrons. The van der Waals surface area contributed by atoms with E-state index in [9.17, 15) is 22.0 Å². The predicted molar refractivity (Wildman–Crippen MR) is 124 cm³/mol. The van der Waals surface area contributed by atoms with Gasteiger partial charge in [-0.15, -0.1) is 0 Å². The molecule has 34 heavy (non-hydrogen) atoms. The van der Waals surface area contributed by atoms with Gasteiger partial charge < -0.3 is 9.64 Å². The molecule has 0 N–H and O–H groups in total. The summed E-state index contributed by atoms with van der Waals surface area (Å²) in [6, 6.07) is 12.8. The van der Waals surface area contributed by atoms with Crippen LogP contribution in [0.2, 0.25) is 0 Å². The van der Waals surface area contributed by atoms with Crippen molar-refractivity contribution in [1.29, 1.82) is 0 Å². The Kier molecular flexibility index (Phi) is 6.74. The second-order valence-corrected chi connectivity index (χ2v) is 9.87. The largest absolute Gasteiger partial charge is 0.481 e. The molecule has 1 aliphatic heterocycles. The third-order valence-electron chi connectivity index (χ3n) is 5.57. The first kappa shape index (κ1) is 23.6. The van der Waals surface area contributed by atoms with Crippen LogP contribution in [0.5, 0.6) is 5.88 Å². The molecule has 1 aromatic heterocycles. The lowest BCUT2D eigenvalue weighted by Gasteiger charge is -2.28. The molecule has 0 spiro atoms. The third kappa shape index (κ3) is 5.48. The molecule has 1 amide bonds. The fourth-order valence-corrected chi connectivity index (χ4v) is 5.08. The number of aromatic nitrogens is 1. The van der Waals surface area contributed by atoms with E-state index in [1.54, 1.807) is 30.3 Å². The molecule has 0 radical (unpaired) electrons. The van der Waals surface area contributed by atoms with Crippen molar-refractivity contribution in [1.82, 2.24) is 9.88 Å². The van der Waals surface area contributed by atoms with E-state index < -0.39 is 27.6 Å². The van der Waals surface area contributed by atoms with Crippen molar-refractivity contribution in [2.45, 2.75) is 19.0 Å². The molecule has 1 unspecified atom stereocenters. The molecule has 1 atom stereocenters. The fourth-order valence-electron chi connectivity index (χ4n) is 3.78. The second kappa shape index (κ2) is 9.72. The number of halogens is 2. The van der Waals surface area contributed by atoms with E-state index in [1.807, 2.05) is 0 Å². The van der Waals surface area contributed by atoms with Gasteiger partial charge in [-0.05, 0) is 52.6 Å². The Labute approximate surface area is 196 Å². The second-order valence-electron chi connectivity index (χ2n) is 7.94. The number of carbonyl (C=O) groups is 1. The summed E-state index contributed by atoms with van der Waals surface area (Å²) in [7, 11) is -1.94. The lowest BCUT2D eigenvalue weighted by molar-refractivity contribution is -0.132. The molecule has 6 nitrogen and oxygen atoms in total. The van der Waals surface area contributed by atoms with Crippen molar-refractivity contribution in [3.05, 3.63) is 95.0 Å². The van der Waals surface area contributed by atoms with Gasteiger partial charge in [-0.2, -0.15) is 0 Å². The standard InChI is InChI=1S/C25H22F2N2O4S/c1-33-24-12-17(8-10-28-24)15-29(22-9-11-34(31,32)16-22)25(30)14-20-3-2-19(13-23(20)27)18-4-6-21(26)7-5-18/h2-13,22H,14-16H2,1H3. The molecule has 3 aromatic rings. The van der Waals surface area contributed by atoms with Crippen LogP contribution in [0.25, 0.3) is 11.1 Å². The monoisotopic (exact) mass is 484 g/mol. The van der Waals surface area contributed by atoms with Crippen LogP contribution in [0.15, 0.2) is 72.3 Å². The first-order valence-corrected chi connectivity index (χ1v) is 12.2. The van der Waals surface area contributed by atoms with Crippen LogP contribution in [0, 0.1) is 11.6 Å². The Morgan fingerprint density at radius 3 is 2.47 bits per heavy atom. The van der Waals surface area contributed by atoms with Gasteiger partial charge in [-0.3, -0.25) is 4.79 Å². The molecule has 0 aliphatic carbocycles. The Balaban J connectivity index is 1.57. The molecular weight excluding hydrogens is 462 g/mol. The highest BCUT2D eigenvalue weighted by atomic mass is 32.2. The van der Waals surface area contributed by atoms with E-state index in [2.05, 4.69) is 4.98 Å². The van der Waals surface area contributed by atoms with Gasteiger partial charge in [0.05, 0.1) is 25.3 Å². The zero-order valence-electron chi connectivity index (χ0n) is 18.3. The molecule has 0 saturated carbocycles. The number of methoxy groups -OCH3 is 1. The normalized spacial score (nSPS) is 16.4. The first-order chi connectivity index (χ1) is 16.2. The Morgan fingerprint density at radius 1 is 1.09 bits per heavy atom. The highest BCUT2D eigenvalue weighted by Crippen LogP contribution is 2.24. The summed E-state index contributed by atoms with van der Waals surface area (Å²) in [6.45, 7) is 0.109. The van der Waals surface area contributed by atoms with Crippen LogP contribution in [0.3, 0.4) is 0 Å². The minimum atomic E-state index is -3.41. The third-order valence-corrected chi connectivity index (χ3v) is 6.94. The maximum absolute atomic E-state index is 14.9. The van der Waals surface area contributed by atoms with Gasteiger partial charge in [-0.1, -0.05) is 24.3 Å². The molecule has 0 bridgehead atoms. The van der Waals surface area contributed by atoms with Crippen LogP contribution in [-0.4, -0.2) is 43.1 Å². The van der Waals surface area contributed by atoms with Gasteiger partial charge >= 0.3 is 0 Å². The number of ether oxygens (including phenoxy) is 1. The number of sulfone groups is 1. The Morgan fingerprint density at radius 2 is 1.82 bits per heavy atom. The van der Waals surface area contributed by atoms with E-state index in [0.29, 0.717) is 22.6 Å². The topological polar surface area (TPSA) is 76.6 Å². The number of pyridine rings is 1. The Hall–Kier alpha value is -3.59. The quantitative estimate of drug-likeness (QED) is 0.508. The van der Waals surface area contributed by atoms with Gasteiger partial charge in [0.25, 0.3) is 0 Å². The number of benzene rings is 2. The van der Waals surface area contributed by atoms with Crippen LogP contribution in [0.4, 0.5) is 8.78 Å². The van der Waals surface area contributed by atoms with E-state index in [4.69, 9.17) is 4.74 Å². The predicted octanol–water partition coefficient (Wildman–Crippen LogP) is 3.92. The first-order valence-electron chi connectivity index (χ1n) is 10.5. The van der Waals surface area contributed by atoms with Crippen molar-refractivity contribution >= 4 is 15.7 Å². The maximum Gasteiger partial charge on any atom is 0.227 e. The maximum atomic E-state index is 14.9. The van der Waals surface area contributed by atoms with Gasteiger partial charge in [0.2, 0.25) is 11.8 Å². The summed E-state index contributed by atoms with van der Waals surface area (Å²) in [5, 5.41) is 1.10. The summed E-state index contributed by atoms with van der Waals surface area (Å²) < 4.78 is 57.2. The minimum absolute atomic E-state index is 0.109. The average Bonchev–Trinajstić information content (AvgIpc) is 3.18. The molecule has 0 saturated heterocycles. The summed E-state index contributed by atoms with van der Waals surface area (Å²) in [5.74, 6) is -1.25. The number of carbonyl (C=O) groups excluding carboxylic acids is 1. The minimum Gasteiger partial charge on any atom is -0.481 e. The van der Waals surface area contributed by atoms with E-state index in [-0.39, 0.29) is 30.1 Å². The van der Waals surface area contributed by atoms with E-state index >= 15 is 0 Å². The van der Waals surface area contributed by atoms with Crippen molar-refractivity contribution in [2.24, 2.45) is 0 Å². The van der Waals surface area contributed by atoms with Crippen molar-refractivity contribution in [3.63, 3.8) is 0 Å². The van der Waals surface area contributed by atoms with Crippen molar-refractivity contribution < 1.29 is 26.7 Å². The zero-order valence-corrected chi connectivity index (χ0v) is 19.1. The van der Waals surface area contributed by atoms with Crippen LogP contribution >= 0.6 is 0 Å². The smallest absolute Gasteiger partial charge is 0.227 e. The van der Waals surface area contributed by atoms with Gasteiger partial charge in [0, 0.05) is 24.2 Å². The number of amides is 1. The summed E-state index contributed by atoms with van der Waals surface area (Å²) in [6.07, 6.45) is 2.76. The average molecular weight is 485 g/mol. The summed E-state index contributed by atoms with van der Waals surface area (Å²) in [4.78, 5) is 18.7. The van der Waals surface area contributed by atoms with E-state index in [1.165, 1.54) is 48.5 Å². The van der Waals surface area contributed by atoms with Crippen LogP contribution < -0.4 is 4.74 Å². The van der Waals surface area contributed by atoms with Gasteiger partial charge in [-0.25, -0.2) is 22.2 Å². The zero-order chi connectivity index (χ0) is 24.3. The van der Waals surface area contributed by atoms with Gasteiger partial charge in [0.1, 0.15) is 11.6 Å². The molecule has 2 heterocycles. The lowest BCUT2D eigenvalue weighted by Crippen LogP contribution is -2.41. The molecule has 2 aromatic carbocycles. The number of hydrogen-bond donors (Lipinski definition) is 0. The van der Waals surface area contributed by atoms with Crippen molar-refractivity contribution in [2.75, 3.05) is 12.9 Å². The van der Waals surface area contributed by atoms with Crippen molar-refractivity contribution in [3.8, 4) is 17.0 Å². The molecule has 1 aliphatic rings. The van der Waals surface area contributed by atoms with Crippen LogP contribution in [0.1, 0.15) is 11.1 Å². The highest BCUT2D eigenvalue weighted by molar-refractivity contribution is 7.94. The summed E-state index contributed by atoms with van der Waals surface area (Å²) >= 11 is 0. The number of nitrogens with zero attached hydrogens (tertiary/aromatic N) is 2. The number of hydrogen-bond acceptors (Lipinski definition) is 5. The van der Waals surface area contributed by atoms with Crippen LogP contribution in [-0.2, 0) is 27.6 Å². The van der Waals surface area contributed by atoms with Gasteiger partial charge in [0.15, 0.2) is 9.84 Å². The molecular formula is C25H22F2N2O4S. The Bertz CT molecular complexity index is 1340. The number of rotatable bonds is 7. The molecule has 4 rings (SSSR count). The molecule has 9 heteroatoms. The molecule has 0 fully saturated rings.